The summed E-state index contributed by atoms with van der Waals surface area (Å²) >= 11 is 0. The number of Topliss-reactive ketones (excluding diaryl/α,β-unsaturated/α-hetero) is 1. The summed E-state index contributed by atoms with van der Waals surface area (Å²) in [5.41, 5.74) is 0.847. The van der Waals surface area contributed by atoms with Crippen molar-refractivity contribution < 1.29 is 29.3 Å². The van der Waals surface area contributed by atoms with Crippen molar-refractivity contribution in [1.29, 1.82) is 0 Å². The second kappa shape index (κ2) is 8.16. The van der Waals surface area contributed by atoms with Crippen LogP contribution >= 0.6 is 0 Å². The number of aliphatic hydroxyl groups is 1. The number of carboxylic acids is 1. The maximum absolute atomic E-state index is 11.6. The van der Waals surface area contributed by atoms with Crippen LogP contribution in [-0.4, -0.2) is 34.0 Å². The molecule has 2 N–H and O–H groups in total. The van der Waals surface area contributed by atoms with Crippen LogP contribution in [-0.2, 0) is 25.7 Å². The lowest BCUT2D eigenvalue weighted by molar-refractivity contribution is -0.151. The number of carbonyl (C=O) groups is 3. The van der Waals surface area contributed by atoms with Gasteiger partial charge in [0, 0.05) is 6.42 Å². The summed E-state index contributed by atoms with van der Waals surface area (Å²) in [5, 5.41) is 18.1. The highest BCUT2D eigenvalue weighted by Gasteiger charge is 2.24. The van der Waals surface area contributed by atoms with Gasteiger partial charge in [0.05, 0.1) is 12.5 Å². The van der Waals surface area contributed by atoms with Crippen LogP contribution in [0.15, 0.2) is 30.3 Å². The molecule has 0 spiro atoms. The number of hydrogen-bond donors (Lipinski definition) is 2. The number of ketones is 1. The Balaban J connectivity index is 2.36. The number of carboxylic acid groups (broad SMARTS) is 1. The zero-order chi connectivity index (χ0) is 15.8. The predicted molar refractivity (Wildman–Crippen MR) is 73.3 cm³/mol. The third-order valence-electron chi connectivity index (χ3n) is 3.02. The van der Waals surface area contributed by atoms with Crippen molar-refractivity contribution in [3.8, 4) is 0 Å². The summed E-state index contributed by atoms with van der Waals surface area (Å²) in [4.78, 5) is 33.0. The van der Waals surface area contributed by atoms with Crippen molar-refractivity contribution in [2.75, 3.05) is 0 Å². The smallest absolute Gasteiger partial charge is 0.372 e. The van der Waals surface area contributed by atoms with Gasteiger partial charge in [0.15, 0.2) is 0 Å². The minimum absolute atomic E-state index is 0.0824. The molecule has 0 aliphatic carbocycles. The minimum atomic E-state index is -1.59. The number of hydrogen-bond acceptors (Lipinski definition) is 5. The van der Waals surface area contributed by atoms with Crippen LogP contribution in [0.4, 0.5) is 0 Å². The monoisotopic (exact) mass is 294 g/mol. The number of aliphatic hydroxyl groups excluding tert-OH is 1. The van der Waals surface area contributed by atoms with Crippen LogP contribution in [0.1, 0.15) is 25.3 Å². The van der Waals surface area contributed by atoms with Gasteiger partial charge in [-0.25, -0.2) is 4.79 Å². The molecule has 0 aliphatic heterocycles. The Bertz CT molecular complexity index is 496. The molecule has 0 heterocycles. The Morgan fingerprint density at radius 2 is 1.76 bits per heavy atom. The van der Waals surface area contributed by atoms with E-state index in [1.54, 1.807) is 6.92 Å². The molecule has 0 saturated carbocycles. The van der Waals surface area contributed by atoms with E-state index in [9.17, 15) is 19.5 Å². The Hall–Kier alpha value is -2.21. The molecule has 0 aliphatic rings. The summed E-state index contributed by atoms with van der Waals surface area (Å²) in [5.74, 6) is -3.73. The van der Waals surface area contributed by atoms with Gasteiger partial charge in [0.1, 0.15) is 6.61 Å². The first-order chi connectivity index (χ1) is 9.90. The molecule has 0 amide bonds. The van der Waals surface area contributed by atoms with Gasteiger partial charge in [-0.3, -0.25) is 9.59 Å². The van der Waals surface area contributed by atoms with E-state index in [2.05, 4.69) is 0 Å². The highest BCUT2D eigenvalue weighted by Crippen LogP contribution is 2.13. The number of esters is 1. The van der Waals surface area contributed by atoms with E-state index >= 15 is 0 Å². The minimum Gasteiger partial charge on any atom is -0.475 e. The first kappa shape index (κ1) is 16.8. The number of ether oxygens (including phenoxy) is 1. The number of aliphatic carboxylic acids is 1. The van der Waals surface area contributed by atoms with Crippen LogP contribution in [0, 0.1) is 5.92 Å². The Kier molecular flexibility index (Phi) is 6.55. The highest BCUT2D eigenvalue weighted by atomic mass is 16.5. The standard InChI is InChI=1S/C15H18O6/c1-10(12(16)8-13(17)15(19)20)7-14(18)21-9-11-5-3-2-4-6-11/h2-6,10,12,16H,7-9H2,1H3,(H,19,20)/t10-,12-/m1/s1. The molecule has 0 fully saturated rings. The van der Waals surface area contributed by atoms with E-state index in [1.807, 2.05) is 30.3 Å². The molecular weight excluding hydrogens is 276 g/mol. The molecule has 0 aromatic heterocycles. The molecule has 0 unspecified atom stereocenters. The summed E-state index contributed by atoms with van der Waals surface area (Å²) in [7, 11) is 0. The average molecular weight is 294 g/mol. The van der Waals surface area contributed by atoms with Gasteiger partial charge in [-0.1, -0.05) is 37.3 Å². The Morgan fingerprint density at radius 1 is 1.14 bits per heavy atom. The fraction of sp³-hybridized carbons (Fsp3) is 0.400. The first-order valence-electron chi connectivity index (χ1n) is 6.54. The van der Waals surface area contributed by atoms with Crippen LogP contribution in [0.3, 0.4) is 0 Å². The van der Waals surface area contributed by atoms with Crippen LogP contribution in [0.5, 0.6) is 0 Å². The maximum Gasteiger partial charge on any atom is 0.372 e. The second-order valence-corrected chi connectivity index (χ2v) is 4.83. The summed E-state index contributed by atoms with van der Waals surface area (Å²) < 4.78 is 5.05. The van der Waals surface area contributed by atoms with Gasteiger partial charge < -0.3 is 14.9 Å². The molecule has 6 heteroatoms. The molecule has 1 aromatic rings. The topological polar surface area (TPSA) is 101 Å². The Labute approximate surface area is 122 Å². The molecule has 6 nitrogen and oxygen atoms in total. The van der Waals surface area contributed by atoms with Crippen molar-refractivity contribution in [1.82, 2.24) is 0 Å². The molecule has 2 atom stereocenters. The van der Waals surface area contributed by atoms with Crippen LogP contribution < -0.4 is 0 Å². The molecule has 114 valence electrons. The number of carbonyl (C=O) groups excluding carboxylic acids is 2. The summed E-state index contributed by atoms with van der Waals surface area (Å²) in [6, 6.07) is 9.14. The molecule has 1 rings (SSSR count). The fourth-order valence-electron chi connectivity index (χ4n) is 1.67. The van der Waals surface area contributed by atoms with Crippen molar-refractivity contribution in [3.05, 3.63) is 35.9 Å². The molecule has 1 aromatic carbocycles. The van der Waals surface area contributed by atoms with Crippen molar-refractivity contribution in [2.45, 2.75) is 32.5 Å². The lowest BCUT2D eigenvalue weighted by Gasteiger charge is -2.16. The van der Waals surface area contributed by atoms with E-state index in [-0.39, 0.29) is 13.0 Å². The largest absolute Gasteiger partial charge is 0.475 e. The summed E-state index contributed by atoms with van der Waals surface area (Å²) in [6.45, 7) is 1.69. The zero-order valence-corrected chi connectivity index (χ0v) is 11.7. The summed E-state index contributed by atoms with van der Waals surface area (Å²) in [6.07, 6.45) is -1.78. The van der Waals surface area contributed by atoms with Gasteiger partial charge in [-0.05, 0) is 11.5 Å². The lowest BCUT2D eigenvalue weighted by Crippen LogP contribution is -2.27. The van der Waals surface area contributed by atoms with E-state index < -0.39 is 36.2 Å². The average Bonchev–Trinajstić information content (AvgIpc) is 2.45. The van der Waals surface area contributed by atoms with E-state index in [0.29, 0.717) is 0 Å². The second-order valence-electron chi connectivity index (χ2n) is 4.83. The van der Waals surface area contributed by atoms with Crippen LogP contribution in [0.25, 0.3) is 0 Å². The molecule has 0 saturated heterocycles. The SMILES string of the molecule is C[C@H](CC(=O)OCc1ccccc1)[C@H](O)CC(=O)C(=O)O. The third kappa shape index (κ3) is 6.18. The van der Waals surface area contributed by atoms with Gasteiger partial charge >= 0.3 is 11.9 Å². The van der Waals surface area contributed by atoms with E-state index in [1.165, 1.54) is 0 Å². The Morgan fingerprint density at radius 3 is 2.33 bits per heavy atom. The van der Waals surface area contributed by atoms with E-state index in [0.717, 1.165) is 5.56 Å². The van der Waals surface area contributed by atoms with Gasteiger partial charge in [-0.2, -0.15) is 0 Å². The zero-order valence-electron chi connectivity index (χ0n) is 11.7. The van der Waals surface area contributed by atoms with Gasteiger partial charge in [0.2, 0.25) is 5.78 Å². The highest BCUT2D eigenvalue weighted by molar-refractivity contribution is 6.32. The maximum atomic E-state index is 11.6. The predicted octanol–water partition coefficient (Wildman–Crippen LogP) is 1.16. The van der Waals surface area contributed by atoms with E-state index in [4.69, 9.17) is 9.84 Å². The molecular formula is C15H18O6. The van der Waals surface area contributed by atoms with Gasteiger partial charge in [0.25, 0.3) is 0 Å². The third-order valence-corrected chi connectivity index (χ3v) is 3.02. The normalized spacial score (nSPS) is 13.2. The molecule has 0 bridgehead atoms. The van der Waals surface area contributed by atoms with Crippen molar-refractivity contribution in [2.24, 2.45) is 5.92 Å². The van der Waals surface area contributed by atoms with Gasteiger partial charge in [-0.15, -0.1) is 0 Å². The van der Waals surface area contributed by atoms with Crippen LogP contribution in [0.2, 0.25) is 0 Å². The quantitative estimate of drug-likeness (QED) is 0.551. The molecule has 21 heavy (non-hydrogen) atoms. The van der Waals surface area contributed by atoms with Crippen molar-refractivity contribution in [3.63, 3.8) is 0 Å². The number of benzene rings is 1. The first-order valence-corrected chi connectivity index (χ1v) is 6.54. The number of rotatable bonds is 8. The fourth-order valence-corrected chi connectivity index (χ4v) is 1.67. The molecule has 0 radical (unpaired) electrons. The lowest BCUT2D eigenvalue weighted by atomic mass is 9.97. The van der Waals surface area contributed by atoms with Crippen molar-refractivity contribution >= 4 is 17.7 Å².